The van der Waals surface area contributed by atoms with Crippen LogP contribution in [0.25, 0.3) is 5.57 Å². The number of nitrogens with one attached hydrogen (secondary N) is 1. The Morgan fingerprint density at radius 1 is 1.18 bits per heavy atom. The van der Waals surface area contributed by atoms with Gasteiger partial charge >= 0.3 is 0 Å². The van der Waals surface area contributed by atoms with Gasteiger partial charge in [-0.1, -0.05) is 35.3 Å². The van der Waals surface area contributed by atoms with E-state index in [0.717, 1.165) is 5.56 Å². The summed E-state index contributed by atoms with van der Waals surface area (Å²) < 4.78 is 5.88. The lowest BCUT2D eigenvalue weighted by atomic mass is 9.85. The number of rotatable bonds is 6. The summed E-state index contributed by atoms with van der Waals surface area (Å²) in [6.45, 7) is 1.79. The second-order valence-corrected chi connectivity index (χ2v) is 9.23. The van der Waals surface area contributed by atoms with Crippen molar-refractivity contribution in [3.63, 3.8) is 0 Å². The van der Waals surface area contributed by atoms with Crippen molar-refractivity contribution < 1.29 is 19.1 Å². The van der Waals surface area contributed by atoms with Crippen LogP contribution in [0.3, 0.4) is 0 Å². The lowest BCUT2D eigenvalue weighted by molar-refractivity contribution is -0.127. The smallest absolute Gasteiger partial charge is 0.258 e. The van der Waals surface area contributed by atoms with Crippen LogP contribution in [0, 0.1) is 0 Å². The van der Waals surface area contributed by atoms with Crippen molar-refractivity contribution in [2.75, 3.05) is 13.7 Å². The Kier molecular flexibility index (Phi) is 6.12. The SMILES string of the molecule is COC1=C(c2cc(Cl)cc(Cl)c2)C(=O)N2CC(NC(C)=O)CC12Cc1ccc(C(N)=O)cc1. The largest absolute Gasteiger partial charge is 0.498 e. The molecule has 0 radical (unpaired) electrons. The van der Waals surface area contributed by atoms with Crippen molar-refractivity contribution in [3.05, 3.63) is 75.0 Å². The van der Waals surface area contributed by atoms with Gasteiger partial charge in [0.2, 0.25) is 11.8 Å². The summed E-state index contributed by atoms with van der Waals surface area (Å²) in [5.41, 5.74) is 6.80. The molecular weight excluding hydrogens is 465 g/mol. The van der Waals surface area contributed by atoms with Crippen LogP contribution in [0.4, 0.5) is 0 Å². The van der Waals surface area contributed by atoms with E-state index >= 15 is 0 Å². The number of primary amides is 1. The van der Waals surface area contributed by atoms with Gasteiger partial charge in [-0.3, -0.25) is 14.4 Å². The van der Waals surface area contributed by atoms with Gasteiger partial charge in [0.15, 0.2) is 0 Å². The average Bonchev–Trinajstić information content (AvgIpc) is 3.18. The fraction of sp³-hybridized carbons (Fsp3) is 0.292. The highest BCUT2D eigenvalue weighted by Crippen LogP contribution is 2.49. The molecule has 33 heavy (non-hydrogen) atoms. The number of halogens is 2. The second kappa shape index (κ2) is 8.72. The Morgan fingerprint density at radius 3 is 2.36 bits per heavy atom. The summed E-state index contributed by atoms with van der Waals surface area (Å²) in [7, 11) is 1.53. The maximum absolute atomic E-state index is 13.7. The van der Waals surface area contributed by atoms with Gasteiger partial charge in [-0.25, -0.2) is 0 Å². The molecule has 2 unspecified atom stereocenters. The molecule has 1 saturated heterocycles. The van der Waals surface area contributed by atoms with Crippen LogP contribution >= 0.6 is 23.2 Å². The minimum absolute atomic E-state index is 0.167. The van der Waals surface area contributed by atoms with Gasteiger partial charge in [-0.05, 0) is 41.5 Å². The molecule has 0 spiro atoms. The Bertz CT molecular complexity index is 1160. The molecule has 0 aromatic heterocycles. The third kappa shape index (κ3) is 4.18. The van der Waals surface area contributed by atoms with E-state index in [0.29, 0.717) is 51.9 Å². The molecule has 3 amide bonds. The first-order chi connectivity index (χ1) is 15.6. The second-order valence-electron chi connectivity index (χ2n) is 8.35. The van der Waals surface area contributed by atoms with Crippen LogP contribution in [0.15, 0.2) is 48.2 Å². The fourth-order valence-electron chi connectivity index (χ4n) is 4.94. The number of fused-ring (bicyclic) bond motifs is 1. The number of methoxy groups -OCH3 is 1. The molecule has 9 heteroatoms. The van der Waals surface area contributed by atoms with Crippen LogP contribution in [-0.4, -0.2) is 47.9 Å². The topological polar surface area (TPSA) is 102 Å². The van der Waals surface area contributed by atoms with Crippen molar-refractivity contribution in [1.29, 1.82) is 0 Å². The maximum Gasteiger partial charge on any atom is 0.258 e. The number of carbonyl (C=O) groups excluding carboxylic acids is 3. The van der Waals surface area contributed by atoms with Crippen molar-refractivity contribution in [3.8, 4) is 0 Å². The van der Waals surface area contributed by atoms with E-state index in [2.05, 4.69) is 5.32 Å². The molecule has 1 fully saturated rings. The highest BCUT2D eigenvalue weighted by molar-refractivity contribution is 6.35. The molecule has 2 atom stereocenters. The van der Waals surface area contributed by atoms with E-state index in [-0.39, 0.29) is 17.9 Å². The molecular formula is C24H23Cl2N3O4. The van der Waals surface area contributed by atoms with Gasteiger partial charge < -0.3 is 20.7 Å². The summed E-state index contributed by atoms with van der Waals surface area (Å²) in [4.78, 5) is 38.6. The van der Waals surface area contributed by atoms with Crippen LogP contribution in [0.5, 0.6) is 0 Å². The Balaban J connectivity index is 1.83. The molecule has 2 aromatic rings. The maximum atomic E-state index is 13.7. The number of amides is 3. The number of ether oxygens (including phenoxy) is 1. The molecule has 3 N–H and O–H groups in total. The normalized spacial score (nSPS) is 21.9. The van der Waals surface area contributed by atoms with Gasteiger partial charge in [-0.15, -0.1) is 0 Å². The average molecular weight is 488 g/mol. The number of hydrogen-bond donors (Lipinski definition) is 2. The van der Waals surface area contributed by atoms with Crippen molar-refractivity contribution in [2.45, 2.75) is 31.3 Å². The fourth-order valence-corrected chi connectivity index (χ4v) is 5.46. The van der Waals surface area contributed by atoms with E-state index in [1.165, 1.54) is 14.0 Å². The number of nitrogens with two attached hydrogens (primary N) is 1. The van der Waals surface area contributed by atoms with Gasteiger partial charge in [0.1, 0.15) is 11.3 Å². The van der Waals surface area contributed by atoms with Crippen LogP contribution in [-0.2, 0) is 20.7 Å². The first-order valence-corrected chi connectivity index (χ1v) is 11.1. The van der Waals surface area contributed by atoms with Gasteiger partial charge in [-0.2, -0.15) is 0 Å². The third-order valence-corrected chi connectivity index (χ3v) is 6.55. The predicted octanol–water partition coefficient (Wildman–Crippen LogP) is 3.18. The number of carbonyl (C=O) groups is 3. The molecule has 7 nitrogen and oxygen atoms in total. The van der Waals surface area contributed by atoms with E-state index in [9.17, 15) is 14.4 Å². The minimum atomic E-state index is -0.822. The summed E-state index contributed by atoms with van der Waals surface area (Å²) in [6.07, 6.45) is 0.895. The van der Waals surface area contributed by atoms with Crippen molar-refractivity contribution in [2.24, 2.45) is 5.73 Å². The Labute approximate surface area is 201 Å². The number of hydrogen-bond acceptors (Lipinski definition) is 4. The lowest BCUT2D eigenvalue weighted by Gasteiger charge is -2.34. The number of nitrogens with zero attached hydrogens (tertiary/aromatic N) is 1. The quantitative estimate of drug-likeness (QED) is 0.652. The molecule has 2 aliphatic rings. The van der Waals surface area contributed by atoms with Crippen molar-refractivity contribution in [1.82, 2.24) is 10.2 Å². The molecule has 0 bridgehead atoms. The summed E-state index contributed by atoms with van der Waals surface area (Å²) >= 11 is 12.4. The van der Waals surface area contributed by atoms with E-state index in [4.69, 9.17) is 33.7 Å². The summed E-state index contributed by atoms with van der Waals surface area (Å²) in [5, 5.41) is 3.75. The molecule has 0 saturated carbocycles. The molecule has 2 heterocycles. The Morgan fingerprint density at radius 2 is 1.82 bits per heavy atom. The first-order valence-electron chi connectivity index (χ1n) is 10.4. The lowest BCUT2D eigenvalue weighted by Crippen LogP contribution is -2.45. The zero-order valence-corrected chi connectivity index (χ0v) is 19.7. The molecule has 2 aliphatic heterocycles. The van der Waals surface area contributed by atoms with Gasteiger partial charge in [0.05, 0.1) is 12.7 Å². The molecule has 0 aliphatic carbocycles. The van der Waals surface area contributed by atoms with E-state index in [1.54, 1.807) is 35.2 Å². The van der Waals surface area contributed by atoms with E-state index in [1.807, 2.05) is 12.1 Å². The summed E-state index contributed by atoms with van der Waals surface area (Å²) in [5.74, 6) is -0.398. The van der Waals surface area contributed by atoms with Gasteiger partial charge in [0.25, 0.3) is 5.91 Å². The van der Waals surface area contributed by atoms with Gasteiger partial charge in [0, 0.05) is 48.0 Å². The zero-order chi connectivity index (χ0) is 23.9. The van der Waals surface area contributed by atoms with Crippen LogP contribution in [0.2, 0.25) is 10.0 Å². The zero-order valence-electron chi connectivity index (χ0n) is 18.2. The minimum Gasteiger partial charge on any atom is -0.498 e. The first kappa shape index (κ1) is 23.1. The molecule has 172 valence electrons. The van der Waals surface area contributed by atoms with Crippen LogP contribution < -0.4 is 11.1 Å². The molecule has 2 aromatic carbocycles. The van der Waals surface area contributed by atoms with E-state index < -0.39 is 11.4 Å². The monoisotopic (exact) mass is 487 g/mol. The number of benzene rings is 2. The van der Waals surface area contributed by atoms with Crippen LogP contribution in [0.1, 0.15) is 34.8 Å². The Hall–Kier alpha value is -3.03. The highest BCUT2D eigenvalue weighted by Gasteiger charge is 2.58. The molecule has 4 rings (SSSR count). The standard InChI is InChI=1S/C24H23Cl2N3O4/c1-13(30)28-19-11-24(10-14-3-5-15(6-4-14)22(27)31)21(33-2)20(23(32)29(24)12-19)16-7-17(25)9-18(26)8-16/h3-9,19H,10-12H2,1-2H3,(H2,27,31)(H,28,30). The summed E-state index contributed by atoms with van der Waals surface area (Å²) in [6, 6.07) is 11.7. The third-order valence-electron chi connectivity index (χ3n) is 6.11. The predicted molar refractivity (Wildman–Crippen MR) is 126 cm³/mol. The highest BCUT2D eigenvalue weighted by atomic mass is 35.5. The van der Waals surface area contributed by atoms with Crippen molar-refractivity contribution >= 4 is 46.5 Å².